The third kappa shape index (κ3) is 3.94. The summed E-state index contributed by atoms with van der Waals surface area (Å²) in [5.74, 6) is 1.10. The second kappa shape index (κ2) is 5.27. The molecule has 0 heterocycles. The van der Waals surface area contributed by atoms with Crippen LogP contribution in [0.15, 0.2) is 24.3 Å². The molecule has 0 spiro atoms. The molecule has 1 aromatic carbocycles. The van der Waals surface area contributed by atoms with Gasteiger partial charge in [0.25, 0.3) is 0 Å². The molecule has 0 fully saturated rings. The number of benzene rings is 1. The van der Waals surface area contributed by atoms with E-state index in [0.717, 1.165) is 12.2 Å². The number of nitrogens with one attached hydrogen (secondary N) is 1. The van der Waals surface area contributed by atoms with E-state index in [1.807, 2.05) is 31.2 Å². The summed E-state index contributed by atoms with van der Waals surface area (Å²) in [4.78, 5) is 0. The number of rotatable bonds is 5. The van der Waals surface area contributed by atoms with Crippen molar-refractivity contribution in [1.29, 1.82) is 5.41 Å². The molecule has 0 aromatic heterocycles. The van der Waals surface area contributed by atoms with Gasteiger partial charge in [-0.2, -0.15) is 0 Å². The van der Waals surface area contributed by atoms with Gasteiger partial charge in [0, 0.05) is 6.42 Å². The molecule has 0 amide bonds. The molecule has 1 rings (SSSR count). The van der Waals surface area contributed by atoms with Gasteiger partial charge in [-0.3, -0.25) is 5.41 Å². The standard InChI is InChI=1S/C11H16N2O/c1-9-4-2-5-10(8-9)14-7-3-6-11(12)13/h2,4-5,8H,3,6-7H2,1H3,(H3,12,13). The molecule has 0 aliphatic rings. The Morgan fingerprint density at radius 1 is 1.50 bits per heavy atom. The fourth-order valence-electron chi connectivity index (χ4n) is 1.16. The maximum absolute atomic E-state index is 7.03. The Labute approximate surface area is 84.4 Å². The summed E-state index contributed by atoms with van der Waals surface area (Å²) in [6, 6.07) is 7.92. The van der Waals surface area contributed by atoms with Crippen molar-refractivity contribution in [3.8, 4) is 5.75 Å². The Morgan fingerprint density at radius 2 is 2.29 bits per heavy atom. The van der Waals surface area contributed by atoms with E-state index in [9.17, 15) is 0 Å². The molecule has 1 aromatic rings. The predicted molar refractivity (Wildman–Crippen MR) is 57.8 cm³/mol. The monoisotopic (exact) mass is 192 g/mol. The van der Waals surface area contributed by atoms with Gasteiger partial charge in [0.2, 0.25) is 0 Å². The Balaban J connectivity index is 2.28. The van der Waals surface area contributed by atoms with E-state index in [-0.39, 0.29) is 5.84 Å². The van der Waals surface area contributed by atoms with Crippen molar-refractivity contribution in [3.05, 3.63) is 29.8 Å². The Hall–Kier alpha value is -1.51. The van der Waals surface area contributed by atoms with Crippen LogP contribution in [-0.2, 0) is 0 Å². The van der Waals surface area contributed by atoms with Crippen molar-refractivity contribution in [2.45, 2.75) is 19.8 Å². The minimum Gasteiger partial charge on any atom is -0.494 e. The first kappa shape index (κ1) is 10.6. The minimum absolute atomic E-state index is 0.220. The first-order chi connectivity index (χ1) is 6.68. The Kier molecular flexibility index (Phi) is 3.98. The first-order valence-electron chi connectivity index (χ1n) is 4.71. The highest BCUT2D eigenvalue weighted by Crippen LogP contribution is 2.12. The van der Waals surface area contributed by atoms with Crippen molar-refractivity contribution in [2.24, 2.45) is 5.73 Å². The van der Waals surface area contributed by atoms with Crippen LogP contribution in [0.2, 0.25) is 0 Å². The largest absolute Gasteiger partial charge is 0.494 e. The molecule has 0 aliphatic heterocycles. The summed E-state index contributed by atoms with van der Waals surface area (Å²) in [5, 5.41) is 7.03. The highest BCUT2D eigenvalue weighted by molar-refractivity contribution is 5.76. The van der Waals surface area contributed by atoms with Gasteiger partial charge in [-0.15, -0.1) is 0 Å². The topological polar surface area (TPSA) is 59.1 Å². The zero-order chi connectivity index (χ0) is 10.4. The second-order valence-corrected chi connectivity index (χ2v) is 3.29. The Morgan fingerprint density at radius 3 is 2.93 bits per heavy atom. The lowest BCUT2D eigenvalue weighted by Gasteiger charge is -2.05. The summed E-state index contributed by atoms with van der Waals surface area (Å²) >= 11 is 0. The number of nitrogens with two attached hydrogens (primary N) is 1. The predicted octanol–water partition coefficient (Wildman–Crippen LogP) is 2.09. The van der Waals surface area contributed by atoms with Crippen molar-refractivity contribution in [2.75, 3.05) is 6.61 Å². The fourth-order valence-corrected chi connectivity index (χ4v) is 1.16. The van der Waals surface area contributed by atoms with E-state index < -0.39 is 0 Å². The SMILES string of the molecule is Cc1cccc(OCCCC(=N)N)c1. The number of hydrogen-bond donors (Lipinski definition) is 2. The third-order valence-corrected chi connectivity index (χ3v) is 1.85. The summed E-state index contributed by atoms with van der Waals surface area (Å²) in [7, 11) is 0. The number of hydrogen-bond acceptors (Lipinski definition) is 2. The lowest BCUT2D eigenvalue weighted by Crippen LogP contribution is -2.10. The molecular weight excluding hydrogens is 176 g/mol. The van der Waals surface area contributed by atoms with Gasteiger partial charge in [0.15, 0.2) is 0 Å². The molecular formula is C11H16N2O. The molecule has 0 saturated carbocycles. The van der Waals surface area contributed by atoms with Crippen LogP contribution in [0.25, 0.3) is 0 Å². The Bertz CT molecular complexity index is 310. The lowest BCUT2D eigenvalue weighted by molar-refractivity contribution is 0.313. The van der Waals surface area contributed by atoms with Gasteiger partial charge in [-0.25, -0.2) is 0 Å². The third-order valence-electron chi connectivity index (χ3n) is 1.85. The van der Waals surface area contributed by atoms with Crippen LogP contribution in [0.1, 0.15) is 18.4 Å². The van der Waals surface area contributed by atoms with Crippen molar-refractivity contribution in [1.82, 2.24) is 0 Å². The number of ether oxygens (including phenoxy) is 1. The molecule has 0 saturated heterocycles. The first-order valence-corrected chi connectivity index (χ1v) is 4.71. The lowest BCUT2D eigenvalue weighted by atomic mass is 10.2. The summed E-state index contributed by atoms with van der Waals surface area (Å²) in [5.41, 5.74) is 6.41. The van der Waals surface area contributed by atoms with Gasteiger partial charge in [-0.05, 0) is 31.0 Å². The smallest absolute Gasteiger partial charge is 0.119 e. The summed E-state index contributed by atoms with van der Waals surface area (Å²) < 4.78 is 5.48. The van der Waals surface area contributed by atoms with Crippen molar-refractivity contribution >= 4 is 5.84 Å². The average Bonchev–Trinajstić information content (AvgIpc) is 2.12. The molecule has 14 heavy (non-hydrogen) atoms. The molecule has 0 atom stereocenters. The van der Waals surface area contributed by atoms with Crippen LogP contribution in [0.5, 0.6) is 5.75 Å². The minimum atomic E-state index is 0.220. The van der Waals surface area contributed by atoms with Gasteiger partial charge < -0.3 is 10.5 Å². The van der Waals surface area contributed by atoms with E-state index in [1.165, 1.54) is 5.56 Å². The quantitative estimate of drug-likeness (QED) is 0.426. The second-order valence-electron chi connectivity index (χ2n) is 3.29. The fraction of sp³-hybridized carbons (Fsp3) is 0.364. The number of amidine groups is 1. The van der Waals surface area contributed by atoms with E-state index in [1.54, 1.807) is 0 Å². The van der Waals surface area contributed by atoms with Crippen LogP contribution in [-0.4, -0.2) is 12.4 Å². The summed E-state index contributed by atoms with van der Waals surface area (Å²) in [6.07, 6.45) is 1.40. The molecule has 0 radical (unpaired) electrons. The van der Waals surface area contributed by atoms with Gasteiger partial charge in [-0.1, -0.05) is 12.1 Å². The molecule has 76 valence electrons. The van der Waals surface area contributed by atoms with Crippen LogP contribution in [0.3, 0.4) is 0 Å². The highest BCUT2D eigenvalue weighted by atomic mass is 16.5. The van der Waals surface area contributed by atoms with E-state index in [0.29, 0.717) is 13.0 Å². The van der Waals surface area contributed by atoms with Gasteiger partial charge in [0.05, 0.1) is 12.4 Å². The van der Waals surface area contributed by atoms with Crippen LogP contribution >= 0.6 is 0 Å². The van der Waals surface area contributed by atoms with E-state index in [4.69, 9.17) is 15.9 Å². The molecule has 3 N–H and O–H groups in total. The zero-order valence-corrected chi connectivity index (χ0v) is 8.42. The van der Waals surface area contributed by atoms with Crippen molar-refractivity contribution < 1.29 is 4.74 Å². The van der Waals surface area contributed by atoms with Gasteiger partial charge in [0.1, 0.15) is 5.75 Å². The highest BCUT2D eigenvalue weighted by Gasteiger charge is 1.94. The summed E-state index contributed by atoms with van der Waals surface area (Å²) in [6.45, 7) is 2.64. The van der Waals surface area contributed by atoms with Crippen LogP contribution < -0.4 is 10.5 Å². The van der Waals surface area contributed by atoms with Crippen LogP contribution in [0, 0.1) is 12.3 Å². The van der Waals surface area contributed by atoms with Crippen LogP contribution in [0.4, 0.5) is 0 Å². The van der Waals surface area contributed by atoms with Crippen molar-refractivity contribution in [3.63, 3.8) is 0 Å². The van der Waals surface area contributed by atoms with E-state index in [2.05, 4.69) is 0 Å². The average molecular weight is 192 g/mol. The maximum atomic E-state index is 7.03. The molecule has 3 heteroatoms. The number of aryl methyl sites for hydroxylation is 1. The van der Waals surface area contributed by atoms with E-state index >= 15 is 0 Å². The zero-order valence-electron chi connectivity index (χ0n) is 8.42. The maximum Gasteiger partial charge on any atom is 0.119 e. The van der Waals surface area contributed by atoms with Gasteiger partial charge >= 0.3 is 0 Å². The molecule has 0 bridgehead atoms. The molecule has 0 aliphatic carbocycles. The normalized spacial score (nSPS) is 9.79. The molecule has 3 nitrogen and oxygen atoms in total. The molecule has 0 unspecified atom stereocenters.